The minimum Gasteiger partial charge on any atom is -0.497 e. The molecule has 1 aromatic carbocycles. The molecule has 1 fully saturated rings. The van der Waals surface area contributed by atoms with E-state index in [2.05, 4.69) is 4.90 Å². The summed E-state index contributed by atoms with van der Waals surface area (Å²) >= 11 is 0. The molecule has 116 valence electrons. The summed E-state index contributed by atoms with van der Waals surface area (Å²) in [6.07, 6.45) is 11.1. The van der Waals surface area contributed by atoms with Crippen molar-refractivity contribution in [2.75, 3.05) is 33.4 Å². The van der Waals surface area contributed by atoms with Crippen molar-refractivity contribution in [2.24, 2.45) is 0 Å². The molecule has 1 saturated heterocycles. The molecular weight excluding hydrogens is 278 g/mol. The SMILES string of the molecule is COc1ccc(C(=O)/C=C/C=C/C=C/N2CCOCC2)cc1. The lowest BCUT2D eigenvalue weighted by Crippen LogP contribution is -2.31. The van der Waals surface area contributed by atoms with Gasteiger partial charge in [-0.1, -0.05) is 18.2 Å². The molecule has 0 unspecified atom stereocenters. The lowest BCUT2D eigenvalue weighted by atomic mass is 10.1. The zero-order valence-corrected chi connectivity index (χ0v) is 12.8. The Bertz CT molecular complexity index is 552. The van der Waals surface area contributed by atoms with Gasteiger partial charge < -0.3 is 14.4 Å². The van der Waals surface area contributed by atoms with Gasteiger partial charge in [-0.15, -0.1) is 0 Å². The molecule has 0 amide bonds. The molecule has 0 aliphatic carbocycles. The van der Waals surface area contributed by atoms with Crippen LogP contribution in [0.5, 0.6) is 5.75 Å². The van der Waals surface area contributed by atoms with Gasteiger partial charge in [-0.05, 0) is 42.6 Å². The minimum absolute atomic E-state index is 0.0236. The molecule has 2 rings (SSSR count). The Hall–Kier alpha value is -2.33. The Morgan fingerprint density at radius 1 is 1.09 bits per heavy atom. The van der Waals surface area contributed by atoms with Gasteiger partial charge in [-0.25, -0.2) is 0 Å². The van der Waals surface area contributed by atoms with E-state index in [0.29, 0.717) is 5.56 Å². The quantitative estimate of drug-likeness (QED) is 0.460. The normalized spacial score (nSPS) is 16.0. The first-order valence-electron chi connectivity index (χ1n) is 7.31. The van der Waals surface area contributed by atoms with Crippen LogP contribution < -0.4 is 4.74 Å². The molecule has 4 nitrogen and oxygen atoms in total. The highest BCUT2D eigenvalue weighted by atomic mass is 16.5. The zero-order chi connectivity index (χ0) is 15.6. The standard InChI is InChI=1S/C18H21NO3/c1-21-17-9-7-16(8-10-17)18(20)6-4-2-3-5-11-19-12-14-22-15-13-19/h2-11H,12-15H2,1H3/b3-2+,6-4+,11-5+. The third-order valence-corrected chi connectivity index (χ3v) is 3.30. The van der Waals surface area contributed by atoms with Gasteiger partial charge in [0.15, 0.2) is 5.78 Å². The smallest absolute Gasteiger partial charge is 0.185 e. The molecule has 22 heavy (non-hydrogen) atoms. The van der Waals surface area contributed by atoms with E-state index in [9.17, 15) is 4.79 Å². The summed E-state index contributed by atoms with van der Waals surface area (Å²) in [5.41, 5.74) is 0.648. The number of ether oxygens (including phenoxy) is 2. The van der Waals surface area contributed by atoms with Crippen LogP contribution in [0, 0.1) is 0 Å². The van der Waals surface area contributed by atoms with E-state index in [1.807, 2.05) is 24.4 Å². The van der Waals surface area contributed by atoms with Gasteiger partial charge in [-0.3, -0.25) is 4.79 Å². The fourth-order valence-corrected chi connectivity index (χ4v) is 2.02. The minimum atomic E-state index is -0.0236. The molecule has 0 radical (unpaired) electrons. The number of nitrogens with zero attached hydrogens (tertiary/aromatic N) is 1. The van der Waals surface area contributed by atoms with Gasteiger partial charge in [0.2, 0.25) is 0 Å². The van der Waals surface area contributed by atoms with Crippen molar-refractivity contribution >= 4 is 5.78 Å². The molecule has 0 aromatic heterocycles. The van der Waals surface area contributed by atoms with Crippen LogP contribution >= 0.6 is 0 Å². The largest absolute Gasteiger partial charge is 0.497 e. The van der Waals surface area contributed by atoms with Crippen molar-refractivity contribution in [3.05, 3.63) is 66.4 Å². The average Bonchev–Trinajstić information content (AvgIpc) is 2.58. The predicted octanol–water partition coefficient (Wildman–Crippen LogP) is 2.84. The van der Waals surface area contributed by atoms with Crippen LogP contribution in [0.25, 0.3) is 0 Å². The lowest BCUT2D eigenvalue weighted by molar-refractivity contribution is 0.0594. The first-order valence-corrected chi connectivity index (χ1v) is 7.31. The number of carbonyl (C=O) groups is 1. The number of allylic oxidation sites excluding steroid dienone is 5. The van der Waals surface area contributed by atoms with Crippen molar-refractivity contribution in [1.29, 1.82) is 0 Å². The summed E-state index contributed by atoms with van der Waals surface area (Å²) in [5.74, 6) is 0.720. The number of benzene rings is 1. The van der Waals surface area contributed by atoms with Crippen LogP contribution in [0.15, 0.2) is 60.8 Å². The van der Waals surface area contributed by atoms with E-state index in [1.165, 1.54) is 0 Å². The van der Waals surface area contributed by atoms with Crippen LogP contribution in [0.3, 0.4) is 0 Å². The number of methoxy groups -OCH3 is 1. The summed E-state index contributed by atoms with van der Waals surface area (Å²) in [7, 11) is 1.60. The second kappa shape index (κ2) is 8.85. The van der Waals surface area contributed by atoms with Crippen LogP contribution in [-0.2, 0) is 4.74 Å². The summed E-state index contributed by atoms with van der Waals surface area (Å²) in [6, 6.07) is 7.07. The van der Waals surface area contributed by atoms with Crippen molar-refractivity contribution in [3.8, 4) is 5.75 Å². The summed E-state index contributed by atoms with van der Waals surface area (Å²) < 4.78 is 10.3. The number of carbonyl (C=O) groups excluding carboxylic acids is 1. The monoisotopic (exact) mass is 299 g/mol. The fourth-order valence-electron chi connectivity index (χ4n) is 2.02. The highest BCUT2D eigenvalue weighted by Gasteiger charge is 2.04. The Morgan fingerprint density at radius 2 is 1.77 bits per heavy atom. The molecule has 1 aliphatic heterocycles. The topological polar surface area (TPSA) is 38.8 Å². The van der Waals surface area contributed by atoms with Crippen molar-refractivity contribution < 1.29 is 14.3 Å². The number of hydrogen-bond donors (Lipinski definition) is 0. The molecule has 0 spiro atoms. The van der Waals surface area contributed by atoms with Crippen LogP contribution in [-0.4, -0.2) is 44.1 Å². The Labute approximate surface area is 131 Å². The third kappa shape index (κ3) is 5.22. The number of hydrogen-bond acceptors (Lipinski definition) is 4. The van der Waals surface area contributed by atoms with E-state index < -0.39 is 0 Å². The Morgan fingerprint density at radius 3 is 2.45 bits per heavy atom. The Balaban J connectivity index is 1.79. The van der Waals surface area contributed by atoms with Gasteiger partial charge in [0.1, 0.15) is 5.75 Å². The second-order valence-corrected chi connectivity index (χ2v) is 4.83. The van der Waals surface area contributed by atoms with Crippen LogP contribution in [0.1, 0.15) is 10.4 Å². The molecule has 1 heterocycles. The van der Waals surface area contributed by atoms with Crippen LogP contribution in [0.4, 0.5) is 0 Å². The summed E-state index contributed by atoms with van der Waals surface area (Å²) in [4.78, 5) is 14.1. The molecule has 4 heteroatoms. The molecule has 0 saturated carbocycles. The number of morpholine rings is 1. The van der Waals surface area contributed by atoms with E-state index in [4.69, 9.17) is 9.47 Å². The second-order valence-electron chi connectivity index (χ2n) is 4.83. The Kier molecular flexibility index (Phi) is 6.45. The zero-order valence-electron chi connectivity index (χ0n) is 12.8. The van der Waals surface area contributed by atoms with Gasteiger partial charge in [0, 0.05) is 18.7 Å². The summed E-state index contributed by atoms with van der Waals surface area (Å²) in [6.45, 7) is 3.42. The van der Waals surface area contributed by atoms with Gasteiger partial charge in [0.05, 0.1) is 20.3 Å². The predicted molar refractivity (Wildman–Crippen MR) is 87.1 cm³/mol. The van der Waals surface area contributed by atoms with E-state index in [0.717, 1.165) is 32.1 Å². The molecular formula is C18H21NO3. The first kappa shape index (κ1) is 16.0. The number of rotatable bonds is 6. The van der Waals surface area contributed by atoms with E-state index in [1.54, 1.807) is 43.5 Å². The highest BCUT2D eigenvalue weighted by molar-refractivity contribution is 6.04. The van der Waals surface area contributed by atoms with E-state index in [-0.39, 0.29) is 5.78 Å². The van der Waals surface area contributed by atoms with Crippen LogP contribution in [0.2, 0.25) is 0 Å². The average molecular weight is 299 g/mol. The molecule has 1 aliphatic rings. The van der Waals surface area contributed by atoms with Crippen molar-refractivity contribution in [1.82, 2.24) is 4.90 Å². The van der Waals surface area contributed by atoms with Gasteiger partial charge in [-0.2, -0.15) is 0 Å². The maximum absolute atomic E-state index is 11.9. The lowest BCUT2D eigenvalue weighted by Gasteiger charge is -2.24. The summed E-state index contributed by atoms with van der Waals surface area (Å²) in [5, 5.41) is 0. The maximum atomic E-state index is 11.9. The molecule has 1 aromatic rings. The van der Waals surface area contributed by atoms with Gasteiger partial charge >= 0.3 is 0 Å². The number of ketones is 1. The molecule has 0 bridgehead atoms. The maximum Gasteiger partial charge on any atom is 0.185 e. The molecule has 0 atom stereocenters. The first-order chi connectivity index (χ1) is 10.8. The third-order valence-electron chi connectivity index (χ3n) is 3.30. The fraction of sp³-hybridized carbons (Fsp3) is 0.278. The highest BCUT2D eigenvalue weighted by Crippen LogP contribution is 2.11. The van der Waals surface area contributed by atoms with Crippen molar-refractivity contribution in [3.63, 3.8) is 0 Å². The molecule has 0 N–H and O–H groups in total. The van der Waals surface area contributed by atoms with Gasteiger partial charge in [0.25, 0.3) is 0 Å². The van der Waals surface area contributed by atoms with Crippen molar-refractivity contribution in [2.45, 2.75) is 0 Å². The van der Waals surface area contributed by atoms with E-state index >= 15 is 0 Å².